The summed E-state index contributed by atoms with van der Waals surface area (Å²) in [6.07, 6.45) is 5.34. The van der Waals surface area contributed by atoms with Crippen molar-refractivity contribution in [3.05, 3.63) is 22.8 Å². The van der Waals surface area contributed by atoms with Gasteiger partial charge < -0.3 is 14.8 Å². The van der Waals surface area contributed by atoms with Gasteiger partial charge in [-0.15, -0.1) is 11.3 Å². The summed E-state index contributed by atoms with van der Waals surface area (Å²) < 4.78 is 10.8. The molecule has 0 amide bonds. The highest BCUT2D eigenvalue weighted by Gasteiger charge is 2.46. The molecule has 6 nitrogen and oxygen atoms in total. The number of nitrogens with one attached hydrogen (secondary N) is 1. The second kappa shape index (κ2) is 5.48. The fraction of sp³-hybridized carbons (Fsp3) is 0.500. The Bertz CT molecular complexity index is 580. The summed E-state index contributed by atoms with van der Waals surface area (Å²) in [6, 6.07) is 0. The monoisotopic (exact) mass is 308 g/mol. The molecule has 1 saturated carbocycles. The molecule has 0 aromatic carbocycles. The zero-order valence-electron chi connectivity index (χ0n) is 11.7. The number of hydrogen-bond donors (Lipinski definition) is 1. The van der Waals surface area contributed by atoms with E-state index in [4.69, 9.17) is 9.47 Å². The Balaban J connectivity index is 1.72. The van der Waals surface area contributed by atoms with E-state index >= 15 is 0 Å². The minimum absolute atomic E-state index is 0.126. The maximum Gasteiger partial charge on any atom is 0.350 e. The maximum absolute atomic E-state index is 12.1. The summed E-state index contributed by atoms with van der Waals surface area (Å²) in [5.74, 6) is -2.30. The molecule has 1 spiro atoms. The van der Waals surface area contributed by atoms with Crippen LogP contribution in [0, 0.1) is 6.92 Å². The number of carbonyl (C=O) groups is 2. The minimum Gasteiger partial charge on any atom is -0.419 e. The van der Waals surface area contributed by atoms with Crippen LogP contribution < -0.4 is 5.32 Å². The number of rotatable bonds is 2. The van der Waals surface area contributed by atoms with Crippen molar-refractivity contribution in [1.29, 1.82) is 0 Å². The van der Waals surface area contributed by atoms with Gasteiger partial charge in [-0.3, -0.25) is 0 Å². The number of aryl methyl sites for hydroxylation is 1. The molecule has 2 fully saturated rings. The van der Waals surface area contributed by atoms with Gasteiger partial charge in [0.1, 0.15) is 0 Å². The van der Waals surface area contributed by atoms with E-state index in [-0.39, 0.29) is 5.57 Å². The third kappa shape index (κ3) is 2.92. The van der Waals surface area contributed by atoms with Gasteiger partial charge in [-0.25, -0.2) is 14.6 Å². The molecule has 2 heterocycles. The van der Waals surface area contributed by atoms with Crippen molar-refractivity contribution < 1.29 is 19.1 Å². The molecule has 1 aromatic heterocycles. The topological polar surface area (TPSA) is 77.5 Å². The number of anilines is 1. The van der Waals surface area contributed by atoms with E-state index in [2.05, 4.69) is 10.3 Å². The lowest BCUT2D eigenvalue weighted by Crippen LogP contribution is -2.47. The molecule has 1 aliphatic heterocycles. The molecule has 0 radical (unpaired) electrons. The summed E-state index contributed by atoms with van der Waals surface area (Å²) >= 11 is 1.39. The van der Waals surface area contributed by atoms with E-state index in [1.807, 2.05) is 12.3 Å². The van der Waals surface area contributed by atoms with Crippen molar-refractivity contribution >= 4 is 28.4 Å². The third-order valence-electron chi connectivity index (χ3n) is 3.57. The third-order valence-corrected chi connectivity index (χ3v) is 4.46. The van der Waals surface area contributed by atoms with Crippen LogP contribution in [0.2, 0.25) is 0 Å². The lowest BCUT2D eigenvalue weighted by atomic mass is 9.93. The quantitative estimate of drug-likeness (QED) is 0.514. The summed E-state index contributed by atoms with van der Waals surface area (Å²) in [5, 5.41) is 5.31. The Morgan fingerprint density at radius 1 is 1.24 bits per heavy atom. The van der Waals surface area contributed by atoms with Gasteiger partial charge in [0.25, 0.3) is 5.79 Å². The normalized spacial score (nSPS) is 20.9. The van der Waals surface area contributed by atoms with Crippen LogP contribution >= 0.6 is 11.3 Å². The van der Waals surface area contributed by atoms with Crippen LogP contribution in [0.5, 0.6) is 0 Å². The van der Waals surface area contributed by atoms with Crippen molar-refractivity contribution in [2.75, 3.05) is 5.32 Å². The first kappa shape index (κ1) is 14.1. The van der Waals surface area contributed by atoms with Gasteiger partial charge in [0.05, 0.1) is 5.69 Å². The first-order valence-electron chi connectivity index (χ1n) is 6.93. The van der Waals surface area contributed by atoms with Crippen molar-refractivity contribution in [3.63, 3.8) is 0 Å². The summed E-state index contributed by atoms with van der Waals surface area (Å²) in [5.41, 5.74) is 0.745. The van der Waals surface area contributed by atoms with Gasteiger partial charge in [0, 0.05) is 24.4 Å². The molecule has 2 aliphatic rings. The largest absolute Gasteiger partial charge is 0.419 e. The molecular formula is C14H16N2O4S. The maximum atomic E-state index is 12.1. The smallest absolute Gasteiger partial charge is 0.350 e. The molecule has 0 atom stereocenters. The predicted octanol–water partition coefficient (Wildman–Crippen LogP) is 2.51. The summed E-state index contributed by atoms with van der Waals surface area (Å²) in [4.78, 5) is 28.3. The molecule has 0 unspecified atom stereocenters. The molecule has 1 aliphatic carbocycles. The Morgan fingerprint density at radius 3 is 2.48 bits per heavy atom. The number of thiazole rings is 1. The van der Waals surface area contributed by atoms with Crippen molar-refractivity contribution in [1.82, 2.24) is 4.98 Å². The average molecular weight is 308 g/mol. The van der Waals surface area contributed by atoms with Crippen LogP contribution in [-0.4, -0.2) is 22.7 Å². The van der Waals surface area contributed by atoms with Gasteiger partial charge >= 0.3 is 11.9 Å². The fourth-order valence-electron chi connectivity index (χ4n) is 2.52. The number of ether oxygens (including phenoxy) is 2. The number of carbonyl (C=O) groups excluding carboxylic acids is 2. The standard InChI is InChI=1S/C14H16N2O4S/c1-9-8-21-13(16-9)15-7-10-11(17)19-14(20-12(10)18)5-3-2-4-6-14/h7-8H,2-6H2,1H3,(H,15,16). The second-order valence-corrected chi connectivity index (χ2v) is 6.10. The summed E-state index contributed by atoms with van der Waals surface area (Å²) in [6.45, 7) is 1.87. The lowest BCUT2D eigenvalue weighted by Gasteiger charge is -2.38. The van der Waals surface area contributed by atoms with Crippen LogP contribution in [0.1, 0.15) is 37.8 Å². The Hall–Kier alpha value is -1.89. The van der Waals surface area contributed by atoms with Crippen molar-refractivity contribution in [2.45, 2.75) is 44.8 Å². The minimum atomic E-state index is -1.04. The highest BCUT2D eigenvalue weighted by atomic mass is 32.1. The van der Waals surface area contributed by atoms with Gasteiger partial charge in [-0.05, 0) is 19.8 Å². The van der Waals surface area contributed by atoms with Crippen LogP contribution in [0.15, 0.2) is 17.2 Å². The molecule has 1 saturated heterocycles. The van der Waals surface area contributed by atoms with E-state index in [0.717, 1.165) is 25.0 Å². The van der Waals surface area contributed by atoms with E-state index in [1.54, 1.807) is 0 Å². The molecule has 112 valence electrons. The van der Waals surface area contributed by atoms with Crippen LogP contribution in [0.3, 0.4) is 0 Å². The zero-order valence-corrected chi connectivity index (χ0v) is 12.5. The molecule has 1 aromatic rings. The molecular weight excluding hydrogens is 292 g/mol. The van der Waals surface area contributed by atoms with Crippen LogP contribution in [0.25, 0.3) is 0 Å². The average Bonchev–Trinajstić information content (AvgIpc) is 2.84. The summed E-state index contributed by atoms with van der Waals surface area (Å²) in [7, 11) is 0. The highest BCUT2D eigenvalue weighted by molar-refractivity contribution is 7.13. The number of esters is 2. The Labute approximate surface area is 126 Å². The van der Waals surface area contributed by atoms with Crippen LogP contribution in [0.4, 0.5) is 5.13 Å². The molecule has 3 rings (SSSR count). The van der Waals surface area contributed by atoms with Crippen molar-refractivity contribution in [3.8, 4) is 0 Å². The van der Waals surface area contributed by atoms with E-state index in [1.165, 1.54) is 17.5 Å². The van der Waals surface area contributed by atoms with Gasteiger partial charge in [-0.2, -0.15) is 0 Å². The highest BCUT2D eigenvalue weighted by Crippen LogP contribution is 2.36. The van der Waals surface area contributed by atoms with E-state index in [9.17, 15) is 9.59 Å². The van der Waals surface area contributed by atoms with E-state index in [0.29, 0.717) is 18.0 Å². The fourth-order valence-corrected chi connectivity index (χ4v) is 3.18. The molecule has 0 bridgehead atoms. The van der Waals surface area contributed by atoms with Crippen LogP contribution in [-0.2, 0) is 19.1 Å². The SMILES string of the molecule is Cc1csc(NC=C2C(=O)OC3(CCCCC3)OC2=O)n1. The first-order chi connectivity index (χ1) is 10.1. The lowest BCUT2D eigenvalue weighted by molar-refractivity contribution is -0.244. The predicted molar refractivity (Wildman–Crippen MR) is 76.6 cm³/mol. The van der Waals surface area contributed by atoms with E-state index < -0.39 is 17.7 Å². The van der Waals surface area contributed by atoms with Crippen molar-refractivity contribution in [2.24, 2.45) is 0 Å². The van der Waals surface area contributed by atoms with Gasteiger partial charge in [0.15, 0.2) is 10.7 Å². The molecule has 1 N–H and O–H groups in total. The Morgan fingerprint density at radius 2 is 1.90 bits per heavy atom. The second-order valence-electron chi connectivity index (χ2n) is 5.25. The van der Waals surface area contributed by atoms with Gasteiger partial charge in [-0.1, -0.05) is 6.42 Å². The molecule has 21 heavy (non-hydrogen) atoms. The van der Waals surface area contributed by atoms with Gasteiger partial charge in [0.2, 0.25) is 0 Å². The molecule has 7 heteroatoms. The first-order valence-corrected chi connectivity index (χ1v) is 7.81. The Kier molecular flexibility index (Phi) is 3.67. The number of nitrogens with zero attached hydrogens (tertiary/aromatic N) is 1. The number of aromatic nitrogens is 1. The number of hydrogen-bond acceptors (Lipinski definition) is 7. The zero-order chi connectivity index (χ0) is 14.9.